The minimum Gasteiger partial charge on any atom is -0.491 e. The molecule has 1 atom stereocenters. The zero-order valence-electron chi connectivity index (χ0n) is 17.2. The van der Waals surface area contributed by atoms with Gasteiger partial charge in [0, 0.05) is 11.6 Å². The minimum atomic E-state index is -1.64. The van der Waals surface area contributed by atoms with Crippen LogP contribution in [0.2, 0.25) is 5.02 Å². The Balaban J connectivity index is 1.74. The Kier molecular flexibility index (Phi) is 8.14. The van der Waals surface area contributed by atoms with Crippen LogP contribution in [0.15, 0.2) is 59.1 Å². The fourth-order valence-electron chi connectivity index (χ4n) is 2.91. The quantitative estimate of drug-likeness (QED) is 0.229. The Morgan fingerprint density at radius 1 is 1.18 bits per heavy atom. The third-order valence-electron chi connectivity index (χ3n) is 4.43. The molecule has 172 valence electrons. The van der Waals surface area contributed by atoms with E-state index in [0.29, 0.717) is 11.3 Å². The standard InChI is InChI=1S/C22H20ClN3O7/c23-17-3-1-2-16(10-17)15-6-4-14(5-7-15)12-26(13-18(28)22(31)32-9-8-27)24-21(30)19-11-20(29)25-33-19/h1-8,10-11,18,28H,9,12-13H2,(H,24,30)(H,25,29)/t18-/m1/s1. The number of halogens is 1. The first kappa shape index (κ1) is 23.9. The lowest BCUT2D eigenvalue weighted by atomic mass is 10.0. The number of rotatable bonds is 10. The van der Waals surface area contributed by atoms with Gasteiger partial charge in [0.1, 0.15) is 6.61 Å². The van der Waals surface area contributed by atoms with Gasteiger partial charge in [0.15, 0.2) is 12.4 Å². The van der Waals surface area contributed by atoms with Crippen LogP contribution in [0.1, 0.15) is 16.1 Å². The average molecular weight is 474 g/mol. The van der Waals surface area contributed by atoms with Crippen molar-refractivity contribution >= 4 is 29.8 Å². The highest BCUT2D eigenvalue weighted by Crippen LogP contribution is 2.23. The van der Waals surface area contributed by atoms with Crippen LogP contribution in [0.5, 0.6) is 5.88 Å². The second kappa shape index (κ2) is 11.2. The van der Waals surface area contributed by atoms with Gasteiger partial charge in [-0.1, -0.05) is 48.0 Å². The molecular formula is C22H20ClN3O7. The number of aromatic hydroxyl groups is 1. The number of hydrogen-bond donors (Lipinski definition) is 3. The van der Waals surface area contributed by atoms with E-state index >= 15 is 0 Å². The van der Waals surface area contributed by atoms with Gasteiger partial charge >= 0.3 is 11.9 Å². The molecule has 3 aromatic rings. The number of carbonyl (C=O) groups is 3. The minimum absolute atomic E-state index is 0.0969. The highest BCUT2D eigenvalue weighted by molar-refractivity contribution is 6.30. The van der Waals surface area contributed by atoms with Crippen LogP contribution in [0.4, 0.5) is 0 Å². The van der Waals surface area contributed by atoms with E-state index < -0.39 is 30.5 Å². The summed E-state index contributed by atoms with van der Waals surface area (Å²) in [4.78, 5) is 34.6. The smallest absolute Gasteiger partial charge is 0.336 e. The summed E-state index contributed by atoms with van der Waals surface area (Å²) in [5, 5.41) is 24.5. The van der Waals surface area contributed by atoms with Crippen molar-refractivity contribution in [2.75, 3.05) is 13.2 Å². The van der Waals surface area contributed by atoms with Crippen LogP contribution in [-0.4, -0.2) is 57.8 Å². The summed E-state index contributed by atoms with van der Waals surface area (Å²) in [7, 11) is 0. The third-order valence-corrected chi connectivity index (χ3v) is 4.66. The van der Waals surface area contributed by atoms with Gasteiger partial charge in [-0.05, 0) is 34.0 Å². The molecule has 0 saturated carbocycles. The number of aliphatic hydroxyl groups is 1. The van der Waals surface area contributed by atoms with E-state index in [9.17, 15) is 24.6 Å². The van der Waals surface area contributed by atoms with E-state index in [2.05, 4.69) is 15.3 Å². The molecule has 0 bridgehead atoms. The molecule has 0 aliphatic heterocycles. The molecule has 2 aromatic carbocycles. The predicted octanol–water partition coefficient (Wildman–Crippen LogP) is 1.95. The second-order valence-corrected chi connectivity index (χ2v) is 7.33. The number of aliphatic hydroxyl groups excluding tert-OH is 1. The van der Waals surface area contributed by atoms with Crippen LogP contribution in [0.3, 0.4) is 0 Å². The lowest BCUT2D eigenvalue weighted by Gasteiger charge is -2.24. The van der Waals surface area contributed by atoms with Gasteiger partial charge in [-0.2, -0.15) is 0 Å². The highest BCUT2D eigenvalue weighted by atomic mass is 35.5. The zero-order chi connectivity index (χ0) is 23.8. The van der Waals surface area contributed by atoms with Crippen LogP contribution in [0, 0.1) is 0 Å². The Labute approximate surface area is 193 Å². The van der Waals surface area contributed by atoms with Gasteiger partial charge in [0.25, 0.3) is 5.88 Å². The summed E-state index contributed by atoms with van der Waals surface area (Å²) in [5.41, 5.74) is 5.08. The Morgan fingerprint density at radius 3 is 2.58 bits per heavy atom. The van der Waals surface area contributed by atoms with Gasteiger partial charge in [0.2, 0.25) is 5.76 Å². The van der Waals surface area contributed by atoms with Crippen molar-refractivity contribution in [1.29, 1.82) is 0 Å². The number of esters is 1. The fraction of sp³-hybridized carbons (Fsp3) is 0.182. The maximum absolute atomic E-state index is 12.4. The molecule has 0 aliphatic carbocycles. The molecule has 0 saturated heterocycles. The average Bonchev–Trinajstić information content (AvgIpc) is 3.24. The summed E-state index contributed by atoms with van der Waals surface area (Å²) >= 11 is 6.05. The van der Waals surface area contributed by atoms with Crippen molar-refractivity contribution < 1.29 is 33.9 Å². The molecule has 3 rings (SSSR count). The molecule has 33 heavy (non-hydrogen) atoms. The van der Waals surface area contributed by atoms with E-state index in [1.54, 1.807) is 6.07 Å². The SMILES string of the molecule is O=CCOC(=O)[C@H](O)CN(Cc1ccc(-c2cccc(Cl)c2)cc1)NC(=O)c1cc(O)no1. The predicted molar refractivity (Wildman–Crippen MR) is 116 cm³/mol. The molecule has 11 heteroatoms. The summed E-state index contributed by atoms with van der Waals surface area (Å²) < 4.78 is 9.32. The lowest BCUT2D eigenvalue weighted by Crippen LogP contribution is -2.47. The molecule has 10 nitrogen and oxygen atoms in total. The van der Waals surface area contributed by atoms with Crippen molar-refractivity contribution in [2.45, 2.75) is 12.6 Å². The molecule has 0 radical (unpaired) electrons. The van der Waals surface area contributed by atoms with Crippen LogP contribution in [0.25, 0.3) is 11.1 Å². The molecule has 1 aromatic heterocycles. The van der Waals surface area contributed by atoms with E-state index in [-0.39, 0.29) is 18.8 Å². The molecule has 0 unspecified atom stereocenters. The maximum Gasteiger partial charge on any atom is 0.336 e. The zero-order valence-corrected chi connectivity index (χ0v) is 17.9. The molecule has 1 amide bonds. The maximum atomic E-state index is 12.4. The van der Waals surface area contributed by atoms with Crippen LogP contribution < -0.4 is 5.43 Å². The summed E-state index contributed by atoms with van der Waals surface area (Å²) in [5.74, 6) is -2.52. The molecule has 3 N–H and O–H groups in total. The first-order valence-corrected chi connectivity index (χ1v) is 10.1. The summed E-state index contributed by atoms with van der Waals surface area (Å²) in [6.45, 7) is -0.746. The number of benzene rings is 2. The number of nitrogens with zero attached hydrogens (tertiary/aromatic N) is 2. The Morgan fingerprint density at radius 2 is 1.94 bits per heavy atom. The molecule has 0 spiro atoms. The van der Waals surface area contributed by atoms with E-state index in [4.69, 9.17) is 16.1 Å². The normalized spacial score (nSPS) is 11.7. The topological polar surface area (TPSA) is 142 Å². The van der Waals surface area contributed by atoms with Gasteiger partial charge in [-0.25, -0.2) is 9.80 Å². The lowest BCUT2D eigenvalue weighted by molar-refractivity contribution is -0.156. The van der Waals surface area contributed by atoms with Crippen molar-refractivity contribution in [1.82, 2.24) is 15.6 Å². The van der Waals surface area contributed by atoms with Crippen LogP contribution >= 0.6 is 11.6 Å². The Hall–Kier alpha value is -3.73. The van der Waals surface area contributed by atoms with E-state index in [0.717, 1.165) is 22.8 Å². The molecule has 0 fully saturated rings. The number of aldehydes is 1. The van der Waals surface area contributed by atoms with Gasteiger partial charge in [0.05, 0.1) is 12.6 Å². The summed E-state index contributed by atoms with van der Waals surface area (Å²) in [6, 6.07) is 15.7. The fourth-order valence-corrected chi connectivity index (χ4v) is 3.10. The third kappa shape index (κ3) is 6.88. The molecule has 1 heterocycles. The highest BCUT2D eigenvalue weighted by Gasteiger charge is 2.23. The first-order valence-electron chi connectivity index (χ1n) is 9.70. The number of carbonyl (C=O) groups excluding carboxylic acids is 3. The molecular weight excluding hydrogens is 454 g/mol. The van der Waals surface area contributed by atoms with E-state index in [1.807, 2.05) is 42.5 Å². The monoisotopic (exact) mass is 473 g/mol. The van der Waals surface area contributed by atoms with Gasteiger partial charge in [-0.3, -0.25) is 15.0 Å². The Bertz CT molecular complexity index is 1120. The van der Waals surface area contributed by atoms with Crippen molar-refractivity contribution in [3.8, 4) is 17.0 Å². The van der Waals surface area contributed by atoms with Gasteiger partial charge < -0.3 is 19.5 Å². The molecule has 0 aliphatic rings. The second-order valence-electron chi connectivity index (χ2n) is 6.89. The van der Waals surface area contributed by atoms with Crippen molar-refractivity contribution in [3.05, 3.63) is 70.9 Å². The summed E-state index contributed by atoms with van der Waals surface area (Å²) in [6.07, 6.45) is -1.26. The first-order chi connectivity index (χ1) is 15.9. The largest absolute Gasteiger partial charge is 0.491 e. The van der Waals surface area contributed by atoms with E-state index in [1.165, 1.54) is 5.01 Å². The van der Waals surface area contributed by atoms with Crippen LogP contribution in [-0.2, 0) is 20.9 Å². The number of amides is 1. The van der Waals surface area contributed by atoms with Gasteiger partial charge in [-0.15, -0.1) is 0 Å². The number of hydrogen-bond acceptors (Lipinski definition) is 9. The van der Waals surface area contributed by atoms with Crippen molar-refractivity contribution in [3.63, 3.8) is 0 Å². The number of nitrogens with one attached hydrogen (secondary N) is 1. The van der Waals surface area contributed by atoms with Crippen molar-refractivity contribution in [2.24, 2.45) is 0 Å². The number of ether oxygens (including phenoxy) is 1. The number of aromatic nitrogens is 1. The number of hydrazine groups is 1.